The van der Waals surface area contributed by atoms with Gasteiger partial charge in [-0.05, 0) is 20.8 Å². The number of carbonyl (C=O) groups excluding carboxylic acids is 4. The zero-order valence-corrected chi connectivity index (χ0v) is 10.4. The van der Waals surface area contributed by atoms with Gasteiger partial charge in [0, 0.05) is 11.1 Å². The monoisotopic (exact) mass is 254 g/mol. The number of Topliss-reactive ketones (excluding diaryl/α,β-unsaturated/α-hetero) is 1. The molecule has 0 saturated heterocycles. The minimum atomic E-state index is -1.78. The van der Waals surface area contributed by atoms with Crippen LogP contribution in [-0.4, -0.2) is 29.8 Å². The van der Waals surface area contributed by atoms with Crippen molar-refractivity contribution in [3.05, 3.63) is 24.3 Å². The van der Waals surface area contributed by atoms with Gasteiger partial charge in [0.25, 0.3) is 6.10 Å². The Morgan fingerprint density at radius 2 is 1.33 bits per heavy atom. The van der Waals surface area contributed by atoms with E-state index in [1.54, 1.807) is 0 Å². The Hall–Kier alpha value is -2.24. The predicted octanol–water partition coefficient (Wildman–Crippen LogP) is 0.709. The van der Waals surface area contributed by atoms with Gasteiger partial charge in [-0.25, -0.2) is 14.4 Å². The van der Waals surface area contributed by atoms with Gasteiger partial charge >= 0.3 is 17.9 Å². The maximum absolute atomic E-state index is 11.4. The molecule has 18 heavy (non-hydrogen) atoms. The summed E-state index contributed by atoms with van der Waals surface area (Å²) in [5.74, 6) is -3.93. The fraction of sp³-hybridized carbons (Fsp3) is 0.333. The lowest BCUT2D eigenvalue weighted by Crippen LogP contribution is -2.36. The molecule has 1 atom stereocenters. The molecule has 6 heteroatoms. The Kier molecular flexibility index (Phi) is 5.68. The molecule has 0 aromatic heterocycles. The molecule has 1 unspecified atom stereocenters. The largest absolute Gasteiger partial charge is 0.439 e. The number of rotatable bonds is 5. The van der Waals surface area contributed by atoms with Crippen molar-refractivity contribution >= 4 is 23.7 Å². The molecule has 0 heterocycles. The van der Waals surface area contributed by atoms with E-state index in [0.717, 1.165) is 6.92 Å². The van der Waals surface area contributed by atoms with Crippen LogP contribution in [0.2, 0.25) is 0 Å². The van der Waals surface area contributed by atoms with Crippen molar-refractivity contribution in [3.8, 4) is 0 Å². The zero-order chi connectivity index (χ0) is 14.5. The highest BCUT2D eigenvalue weighted by Gasteiger charge is 2.31. The Labute approximate surface area is 104 Å². The van der Waals surface area contributed by atoms with Crippen molar-refractivity contribution in [2.45, 2.75) is 26.9 Å². The Balaban J connectivity index is 4.81. The molecule has 0 fully saturated rings. The quantitative estimate of drug-likeness (QED) is 0.408. The molecule has 0 bridgehead atoms. The SMILES string of the molecule is C=C(C)C(=O)OC(=O)C(OC(=O)C(=C)C)C(C)=O. The minimum absolute atomic E-state index is 0.0141. The summed E-state index contributed by atoms with van der Waals surface area (Å²) >= 11 is 0. The summed E-state index contributed by atoms with van der Waals surface area (Å²) in [4.78, 5) is 44.9. The normalized spacial score (nSPS) is 11.1. The molecule has 0 aliphatic heterocycles. The van der Waals surface area contributed by atoms with Crippen molar-refractivity contribution in [2.24, 2.45) is 0 Å². The number of ether oxygens (including phenoxy) is 2. The van der Waals surface area contributed by atoms with Crippen LogP contribution in [-0.2, 0) is 28.7 Å². The molecule has 0 spiro atoms. The second-order valence-electron chi connectivity index (χ2n) is 3.67. The molecule has 6 nitrogen and oxygen atoms in total. The number of carbonyl (C=O) groups is 4. The third kappa shape index (κ3) is 4.73. The Morgan fingerprint density at radius 3 is 1.67 bits per heavy atom. The second-order valence-corrected chi connectivity index (χ2v) is 3.67. The van der Waals surface area contributed by atoms with E-state index in [-0.39, 0.29) is 11.1 Å². The van der Waals surface area contributed by atoms with Crippen LogP contribution < -0.4 is 0 Å². The van der Waals surface area contributed by atoms with E-state index in [2.05, 4.69) is 22.6 Å². The first-order valence-corrected chi connectivity index (χ1v) is 4.95. The van der Waals surface area contributed by atoms with Crippen molar-refractivity contribution in [1.29, 1.82) is 0 Å². The maximum atomic E-state index is 11.4. The van der Waals surface area contributed by atoms with Gasteiger partial charge in [-0.1, -0.05) is 13.2 Å². The summed E-state index contributed by atoms with van der Waals surface area (Å²) in [7, 11) is 0. The lowest BCUT2D eigenvalue weighted by Gasteiger charge is -2.13. The van der Waals surface area contributed by atoms with Gasteiger partial charge in [-0.2, -0.15) is 0 Å². The first-order chi connectivity index (χ1) is 8.16. The lowest BCUT2D eigenvalue weighted by atomic mass is 10.2. The lowest BCUT2D eigenvalue weighted by molar-refractivity contribution is -0.172. The predicted molar refractivity (Wildman–Crippen MR) is 61.3 cm³/mol. The van der Waals surface area contributed by atoms with E-state index in [4.69, 9.17) is 0 Å². The standard InChI is InChI=1S/C12H14O6/c1-6(2)10(14)17-9(8(5)13)12(16)18-11(15)7(3)4/h9H,1,3H2,2,4-5H3. The van der Waals surface area contributed by atoms with Crippen LogP contribution in [0.5, 0.6) is 0 Å². The summed E-state index contributed by atoms with van der Waals surface area (Å²) < 4.78 is 8.88. The number of hydrogen-bond acceptors (Lipinski definition) is 6. The van der Waals surface area contributed by atoms with Gasteiger partial charge in [-0.3, -0.25) is 4.79 Å². The molecule has 0 amide bonds. The van der Waals surface area contributed by atoms with Crippen LogP contribution >= 0.6 is 0 Å². The third-order valence-corrected chi connectivity index (χ3v) is 1.70. The van der Waals surface area contributed by atoms with E-state index < -0.39 is 29.8 Å². The Bertz CT molecular complexity index is 432. The van der Waals surface area contributed by atoms with E-state index >= 15 is 0 Å². The minimum Gasteiger partial charge on any atom is -0.439 e. The first-order valence-electron chi connectivity index (χ1n) is 4.95. The van der Waals surface area contributed by atoms with E-state index in [0.29, 0.717) is 0 Å². The molecule has 0 aliphatic rings. The second kappa shape index (κ2) is 6.48. The highest BCUT2D eigenvalue weighted by atomic mass is 16.6. The summed E-state index contributed by atoms with van der Waals surface area (Å²) in [6.45, 7) is 10.3. The molecule has 0 aromatic rings. The van der Waals surface area contributed by atoms with E-state index in [1.807, 2.05) is 0 Å². The number of ketones is 1. The maximum Gasteiger partial charge on any atom is 0.363 e. The third-order valence-electron chi connectivity index (χ3n) is 1.70. The molecule has 98 valence electrons. The van der Waals surface area contributed by atoms with E-state index in [9.17, 15) is 19.2 Å². The summed E-state index contributed by atoms with van der Waals surface area (Å²) in [6.07, 6.45) is -1.78. The molecule has 0 radical (unpaired) electrons. The van der Waals surface area contributed by atoms with Gasteiger partial charge in [0.05, 0.1) is 0 Å². The molecular formula is C12H14O6. The highest BCUT2D eigenvalue weighted by molar-refractivity contribution is 6.07. The Morgan fingerprint density at radius 1 is 0.889 bits per heavy atom. The fourth-order valence-corrected chi connectivity index (χ4v) is 0.737. The van der Waals surface area contributed by atoms with Crippen molar-refractivity contribution in [3.63, 3.8) is 0 Å². The van der Waals surface area contributed by atoms with Crippen molar-refractivity contribution < 1.29 is 28.7 Å². The summed E-state index contributed by atoms with van der Waals surface area (Å²) in [6, 6.07) is 0. The molecular weight excluding hydrogens is 240 g/mol. The van der Waals surface area contributed by atoms with Crippen LogP contribution in [0.15, 0.2) is 24.3 Å². The van der Waals surface area contributed by atoms with E-state index in [1.165, 1.54) is 13.8 Å². The van der Waals surface area contributed by atoms with Gasteiger partial charge < -0.3 is 9.47 Å². The topological polar surface area (TPSA) is 86.7 Å². The van der Waals surface area contributed by atoms with Crippen LogP contribution in [0.25, 0.3) is 0 Å². The van der Waals surface area contributed by atoms with Crippen LogP contribution in [0.1, 0.15) is 20.8 Å². The molecule has 0 rings (SSSR count). The molecule has 0 saturated carbocycles. The first kappa shape index (κ1) is 15.8. The zero-order valence-electron chi connectivity index (χ0n) is 10.4. The van der Waals surface area contributed by atoms with Gasteiger partial charge in [0.15, 0.2) is 5.78 Å². The number of esters is 3. The smallest absolute Gasteiger partial charge is 0.363 e. The highest BCUT2D eigenvalue weighted by Crippen LogP contribution is 2.04. The molecule has 0 aromatic carbocycles. The van der Waals surface area contributed by atoms with Gasteiger partial charge in [0.1, 0.15) is 0 Å². The summed E-state index contributed by atoms with van der Waals surface area (Å²) in [5.41, 5.74) is -0.00263. The van der Waals surface area contributed by atoms with Crippen LogP contribution in [0.3, 0.4) is 0 Å². The van der Waals surface area contributed by atoms with Crippen LogP contribution in [0, 0.1) is 0 Å². The molecule has 0 aliphatic carbocycles. The van der Waals surface area contributed by atoms with Crippen molar-refractivity contribution in [1.82, 2.24) is 0 Å². The average molecular weight is 254 g/mol. The van der Waals surface area contributed by atoms with Crippen molar-refractivity contribution in [2.75, 3.05) is 0 Å². The average Bonchev–Trinajstić information content (AvgIpc) is 2.24. The fourth-order valence-electron chi connectivity index (χ4n) is 0.737. The van der Waals surface area contributed by atoms with Gasteiger partial charge in [-0.15, -0.1) is 0 Å². The van der Waals surface area contributed by atoms with Gasteiger partial charge in [0.2, 0.25) is 0 Å². The van der Waals surface area contributed by atoms with Crippen LogP contribution in [0.4, 0.5) is 0 Å². The molecule has 0 N–H and O–H groups in total. The summed E-state index contributed by atoms with van der Waals surface area (Å²) in [5, 5.41) is 0. The number of hydrogen-bond donors (Lipinski definition) is 0.